The highest BCUT2D eigenvalue weighted by Gasteiger charge is 2.23. The lowest BCUT2D eigenvalue weighted by molar-refractivity contribution is -0.119. The van der Waals surface area contributed by atoms with E-state index >= 15 is 0 Å². The monoisotopic (exact) mass is 338 g/mol. The Bertz CT molecular complexity index is 854. The normalized spacial score (nSPS) is 14.8. The van der Waals surface area contributed by atoms with E-state index in [1.54, 1.807) is 0 Å². The van der Waals surface area contributed by atoms with Gasteiger partial charge in [0.15, 0.2) is 5.13 Å². The van der Waals surface area contributed by atoms with Gasteiger partial charge in [-0.15, -0.1) is 0 Å². The molecule has 1 aromatic heterocycles. The number of hydrogen-bond acceptors (Lipinski definition) is 4. The van der Waals surface area contributed by atoms with Gasteiger partial charge in [0.1, 0.15) is 11.5 Å². The van der Waals surface area contributed by atoms with Crippen molar-refractivity contribution in [2.24, 2.45) is 5.92 Å². The van der Waals surface area contributed by atoms with Crippen LogP contribution in [-0.2, 0) is 4.79 Å². The van der Waals surface area contributed by atoms with Gasteiger partial charge in [-0.05, 0) is 37.1 Å². The quantitative estimate of drug-likeness (QED) is 0.710. The zero-order chi connectivity index (χ0) is 16.4. The lowest BCUT2D eigenvalue weighted by Crippen LogP contribution is -2.19. The molecule has 5 heteroatoms. The number of ether oxygens (including phenoxy) is 1. The summed E-state index contributed by atoms with van der Waals surface area (Å²) < 4.78 is 6.85. The number of para-hydroxylation sites is 1. The van der Waals surface area contributed by atoms with E-state index in [-0.39, 0.29) is 11.8 Å². The minimum atomic E-state index is 0.104. The number of carbonyl (C=O) groups is 1. The summed E-state index contributed by atoms with van der Waals surface area (Å²) in [5.41, 5.74) is 0.877. The molecule has 1 amide bonds. The Morgan fingerprint density at radius 1 is 1.08 bits per heavy atom. The van der Waals surface area contributed by atoms with Crippen LogP contribution in [0.15, 0.2) is 48.5 Å². The predicted molar refractivity (Wildman–Crippen MR) is 96.7 cm³/mol. The molecule has 0 aliphatic heterocycles. The molecule has 1 fully saturated rings. The van der Waals surface area contributed by atoms with E-state index in [2.05, 4.69) is 10.3 Å². The number of aromatic nitrogens is 1. The summed E-state index contributed by atoms with van der Waals surface area (Å²) in [7, 11) is 0. The van der Waals surface area contributed by atoms with E-state index in [1.807, 2.05) is 48.5 Å². The third-order valence-electron chi connectivity index (χ3n) is 4.29. The molecule has 0 radical (unpaired) electrons. The summed E-state index contributed by atoms with van der Waals surface area (Å²) in [6.45, 7) is 0. The molecule has 4 nitrogen and oxygen atoms in total. The lowest BCUT2D eigenvalue weighted by atomic mass is 10.1. The Hall–Kier alpha value is -2.40. The van der Waals surface area contributed by atoms with Crippen molar-refractivity contribution >= 4 is 32.6 Å². The van der Waals surface area contributed by atoms with Crippen molar-refractivity contribution in [2.75, 3.05) is 5.32 Å². The fourth-order valence-corrected chi connectivity index (χ4v) is 3.94. The summed E-state index contributed by atoms with van der Waals surface area (Å²) in [6.07, 6.45) is 4.29. The number of fused-ring (bicyclic) bond motifs is 1. The number of nitrogens with one attached hydrogen (secondary N) is 1. The number of rotatable bonds is 4. The third kappa shape index (κ3) is 3.26. The van der Waals surface area contributed by atoms with E-state index in [9.17, 15) is 4.79 Å². The highest BCUT2D eigenvalue weighted by molar-refractivity contribution is 7.22. The maximum atomic E-state index is 12.2. The van der Waals surface area contributed by atoms with Gasteiger partial charge < -0.3 is 10.1 Å². The summed E-state index contributed by atoms with van der Waals surface area (Å²) >= 11 is 1.49. The SMILES string of the molecule is O=C(Nc1nc2ccc(Oc3ccccc3)cc2s1)C1CCCC1. The molecule has 0 unspecified atom stereocenters. The van der Waals surface area contributed by atoms with Crippen molar-refractivity contribution < 1.29 is 9.53 Å². The molecule has 0 bridgehead atoms. The van der Waals surface area contributed by atoms with Crippen LogP contribution in [0.1, 0.15) is 25.7 Å². The van der Waals surface area contributed by atoms with E-state index in [4.69, 9.17) is 4.74 Å². The summed E-state index contributed by atoms with van der Waals surface area (Å²) in [4.78, 5) is 16.7. The number of amides is 1. The van der Waals surface area contributed by atoms with Gasteiger partial charge in [0.05, 0.1) is 10.2 Å². The first kappa shape index (κ1) is 15.1. The van der Waals surface area contributed by atoms with Gasteiger partial charge in [-0.3, -0.25) is 4.79 Å². The standard InChI is InChI=1S/C19H18N2O2S/c22-18(13-6-4-5-7-13)21-19-20-16-11-10-15(12-17(16)24-19)23-14-8-2-1-3-9-14/h1-3,8-13H,4-7H2,(H,20,21,22). The predicted octanol–water partition coefficient (Wildman–Crippen LogP) is 5.22. The van der Waals surface area contributed by atoms with E-state index in [1.165, 1.54) is 11.3 Å². The maximum absolute atomic E-state index is 12.2. The number of benzene rings is 2. The van der Waals surface area contributed by atoms with Gasteiger partial charge in [-0.2, -0.15) is 0 Å². The Morgan fingerprint density at radius 3 is 2.67 bits per heavy atom. The molecule has 0 atom stereocenters. The molecule has 1 aliphatic carbocycles. The van der Waals surface area contributed by atoms with Crippen LogP contribution in [0.25, 0.3) is 10.2 Å². The zero-order valence-electron chi connectivity index (χ0n) is 13.2. The fourth-order valence-electron chi connectivity index (χ4n) is 3.04. The van der Waals surface area contributed by atoms with Crippen LogP contribution in [0.4, 0.5) is 5.13 Å². The van der Waals surface area contributed by atoms with Crippen molar-refractivity contribution in [3.8, 4) is 11.5 Å². The largest absolute Gasteiger partial charge is 0.457 e. The average molecular weight is 338 g/mol. The van der Waals surface area contributed by atoms with Crippen LogP contribution in [0.2, 0.25) is 0 Å². The molecule has 0 spiro atoms. The fraction of sp³-hybridized carbons (Fsp3) is 0.263. The average Bonchev–Trinajstić information content (AvgIpc) is 3.24. The van der Waals surface area contributed by atoms with Crippen molar-refractivity contribution in [3.63, 3.8) is 0 Å². The highest BCUT2D eigenvalue weighted by atomic mass is 32.1. The first-order chi connectivity index (χ1) is 11.8. The molecule has 2 aromatic carbocycles. The number of anilines is 1. The smallest absolute Gasteiger partial charge is 0.229 e. The second-order valence-corrected chi connectivity index (χ2v) is 7.06. The summed E-state index contributed by atoms with van der Waals surface area (Å²) in [5, 5.41) is 3.64. The molecule has 1 N–H and O–H groups in total. The molecule has 1 heterocycles. The summed E-state index contributed by atoms with van der Waals surface area (Å²) in [5.74, 6) is 1.82. The van der Waals surface area contributed by atoms with E-state index < -0.39 is 0 Å². The van der Waals surface area contributed by atoms with E-state index in [0.717, 1.165) is 47.4 Å². The molecular weight excluding hydrogens is 320 g/mol. The lowest BCUT2D eigenvalue weighted by Gasteiger charge is -2.06. The molecule has 24 heavy (non-hydrogen) atoms. The Balaban J connectivity index is 1.51. The summed E-state index contributed by atoms with van der Waals surface area (Å²) in [6, 6.07) is 15.5. The molecule has 1 saturated carbocycles. The number of hydrogen-bond donors (Lipinski definition) is 1. The molecule has 0 saturated heterocycles. The number of nitrogens with zero attached hydrogens (tertiary/aromatic N) is 1. The van der Waals surface area contributed by atoms with Crippen LogP contribution < -0.4 is 10.1 Å². The van der Waals surface area contributed by atoms with Crippen molar-refractivity contribution in [3.05, 3.63) is 48.5 Å². The van der Waals surface area contributed by atoms with Gasteiger partial charge in [0.2, 0.25) is 5.91 Å². The second-order valence-electron chi connectivity index (χ2n) is 6.03. The van der Waals surface area contributed by atoms with E-state index in [0.29, 0.717) is 5.13 Å². The van der Waals surface area contributed by atoms with Gasteiger partial charge in [-0.1, -0.05) is 42.4 Å². The topological polar surface area (TPSA) is 51.2 Å². The molecular formula is C19H18N2O2S. The number of thiazole rings is 1. The minimum absolute atomic E-state index is 0.104. The van der Waals surface area contributed by atoms with Crippen LogP contribution in [-0.4, -0.2) is 10.9 Å². The second kappa shape index (κ2) is 6.61. The molecule has 4 rings (SSSR count). The van der Waals surface area contributed by atoms with Crippen LogP contribution in [0.3, 0.4) is 0 Å². The first-order valence-electron chi connectivity index (χ1n) is 8.22. The highest BCUT2D eigenvalue weighted by Crippen LogP contribution is 2.32. The zero-order valence-corrected chi connectivity index (χ0v) is 14.0. The Morgan fingerprint density at radius 2 is 1.88 bits per heavy atom. The minimum Gasteiger partial charge on any atom is -0.457 e. The van der Waals surface area contributed by atoms with Crippen molar-refractivity contribution in [1.29, 1.82) is 0 Å². The van der Waals surface area contributed by atoms with Crippen LogP contribution in [0, 0.1) is 5.92 Å². The van der Waals surface area contributed by atoms with Crippen LogP contribution in [0.5, 0.6) is 11.5 Å². The van der Waals surface area contributed by atoms with Gasteiger partial charge in [-0.25, -0.2) is 4.98 Å². The van der Waals surface area contributed by atoms with Crippen LogP contribution >= 0.6 is 11.3 Å². The Labute approximate surface area is 144 Å². The number of carbonyl (C=O) groups excluding carboxylic acids is 1. The molecule has 1 aliphatic rings. The Kier molecular flexibility index (Phi) is 4.17. The molecule has 122 valence electrons. The van der Waals surface area contributed by atoms with Crippen molar-refractivity contribution in [1.82, 2.24) is 4.98 Å². The molecule has 3 aromatic rings. The third-order valence-corrected chi connectivity index (χ3v) is 5.23. The van der Waals surface area contributed by atoms with Gasteiger partial charge in [0, 0.05) is 12.0 Å². The van der Waals surface area contributed by atoms with Gasteiger partial charge >= 0.3 is 0 Å². The van der Waals surface area contributed by atoms with Crippen molar-refractivity contribution in [2.45, 2.75) is 25.7 Å². The van der Waals surface area contributed by atoms with Gasteiger partial charge in [0.25, 0.3) is 0 Å². The first-order valence-corrected chi connectivity index (χ1v) is 9.04. The maximum Gasteiger partial charge on any atom is 0.229 e.